The number of rotatable bonds is 4. The van der Waals surface area contributed by atoms with Crippen LogP contribution in [-0.2, 0) is 14.6 Å². The molecule has 0 aromatic heterocycles. The lowest BCUT2D eigenvalue weighted by Crippen LogP contribution is -2.42. The Bertz CT molecular complexity index is 578. The first kappa shape index (κ1) is 15.3. The molecule has 1 heterocycles. The molecule has 2 rings (SSSR count). The summed E-state index contributed by atoms with van der Waals surface area (Å²) in [7, 11) is -3.18. The number of hydrogen-bond acceptors (Lipinski definition) is 5. The van der Waals surface area contributed by atoms with E-state index in [2.05, 4.69) is 10.6 Å². The molecule has 1 aromatic carbocycles. The maximum atomic E-state index is 12.0. The molecule has 20 heavy (non-hydrogen) atoms. The van der Waals surface area contributed by atoms with Gasteiger partial charge in [-0.25, -0.2) is 8.42 Å². The van der Waals surface area contributed by atoms with E-state index in [1.165, 1.54) is 6.26 Å². The van der Waals surface area contributed by atoms with Gasteiger partial charge in [-0.05, 0) is 24.6 Å². The summed E-state index contributed by atoms with van der Waals surface area (Å²) in [5.74, 6) is 1.57. The minimum Gasteiger partial charge on any atom is -0.348 e. The lowest BCUT2D eigenvalue weighted by Gasteiger charge is -2.17. The Balaban J connectivity index is 2.02. The van der Waals surface area contributed by atoms with E-state index >= 15 is 0 Å². The van der Waals surface area contributed by atoms with Crippen LogP contribution in [0.3, 0.4) is 0 Å². The molecule has 1 saturated heterocycles. The standard InChI is InChI=1S/C13H18N2O3S2/c1-9(15-13(16)12-7-19-8-14-12)10-3-5-11(6-4-10)20(2,17)18/h3-6,9,12,14H,7-8H2,1-2H3,(H,15,16). The van der Waals surface area contributed by atoms with E-state index in [-0.39, 0.29) is 22.9 Å². The van der Waals surface area contributed by atoms with Crippen LogP contribution in [0.1, 0.15) is 18.5 Å². The van der Waals surface area contributed by atoms with Gasteiger partial charge in [-0.15, -0.1) is 11.8 Å². The van der Waals surface area contributed by atoms with Crippen molar-refractivity contribution in [2.45, 2.75) is 23.9 Å². The number of nitrogens with one attached hydrogen (secondary N) is 2. The van der Waals surface area contributed by atoms with Crippen LogP contribution in [0.5, 0.6) is 0 Å². The molecular weight excluding hydrogens is 296 g/mol. The van der Waals surface area contributed by atoms with E-state index < -0.39 is 9.84 Å². The normalized spacial score (nSPS) is 20.6. The molecule has 1 aliphatic rings. The predicted molar refractivity (Wildman–Crippen MR) is 80.4 cm³/mol. The Morgan fingerprint density at radius 3 is 2.55 bits per heavy atom. The van der Waals surface area contributed by atoms with Gasteiger partial charge >= 0.3 is 0 Å². The van der Waals surface area contributed by atoms with Crippen molar-refractivity contribution < 1.29 is 13.2 Å². The summed E-state index contributed by atoms with van der Waals surface area (Å²) in [6, 6.07) is 6.31. The van der Waals surface area contributed by atoms with Crippen molar-refractivity contribution in [1.29, 1.82) is 0 Å². The average molecular weight is 314 g/mol. The third-order valence-corrected chi connectivity index (χ3v) is 5.27. The molecule has 1 amide bonds. The highest BCUT2D eigenvalue weighted by molar-refractivity contribution is 7.99. The van der Waals surface area contributed by atoms with Crippen molar-refractivity contribution in [1.82, 2.24) is 10.6 Å². The number of sulfone groups is 1. The molecule has 2 atom stereocenters. The number of amides is 1. The second-order valence-corrected chi connectivity index (χ2v) is 7.89. The zero-order chi connectivity index (χ0) is 14.8. The predicted octanol–water partition coefficient (Wildman–Crippen LogP) is 0.930. The van der Waals surface area contributed by atoms with Gasteiger partial charge in [0.2, 0.25) is 5.91 Å². The molecule has 2 N–H and O–H groups in total. The summed E-state index contributed by atoms with van der Waals surface area (Å²) in [5, 5.41) is 6.05. The molecule has 1 aromatic rings. The topological polar surface area (TPSA) is 75.3 Å². The second kappa shape index (κ2) is 6.15. The molecule has 0 bridgehead atoms. The first-order valence-corrected chi connectivity index (χ1v) is 9.34. The maximum absolute atomic E-state index is 12.0. The summed E-state index contributed by atoms with van der Waals surface area (Å²) < 4.78 is 22.8. The highest BCUT2D eigenvalue weighted by Gasteiger charge is 2.23. The van der Waals surface area contributed by atoms with Crippen LogP contribution in [0.25, 0.3) is 0 Å². The van der Waals surface area contributed by atoms with Gasteiger partial charge in [0.15, 0.2) is 9.84 Å². The fourth-order valence-electron chi connectivity index (χ4n) is 1.96. The summed E-state index contributed by atoms with van der Waals surface area (Å²) in [6.07, 6.45) is 1.18. The van der Waals surface area contributed by atoms with Crippen molar-refractivity contribution in [3.8, 4) is 0 Å². The highest BCUT2D eigenvalue weighted by atomic mass is 32.2. The highest BCUT2D eigenvalue weighted by Crippen LogP contribution is 2.17. The van der Waals surface area contributed by atoms with Crippen LogP contribution in [0.2, 0.25) is 0 Å². The molecule has 1 aliphatic heterocycles. The fourth-order valence-corrected chi connectivity index (χ4v) is 3.54. The average Bonchev–Trinajstić information content (AvgIpc) is 2.91. The van der Waals surface area contributed by atoms with E-state index in [1.54, 1.807) is 36.0 Å². The largest absolute Gasteiger partial charge is 0.348 e. The Morgan fingerprint density at radius 2 is 2.05 bits per heavy atom. The van der Waals surface area contributed by atoms with E-state index in [4.69, 9.17) is 0 Å². The number of thioether (sulfide) groups is 1. The van der Waals surface area contributed by atoms with Crippen LogP contribution in [-0.4, -0.2) is 38.3 Å². The third-order valence-electron chi connectivity index (χ3n) is 3.20. The fraction of sp³-hybridized carbons (Fsp3) is 0.462. The van der Waals surface area contributed by atoms with Crippen LogP contribution >= 0.6 is 11.8 Å². The Kier molecular flexibility index (Phi) is 4.72. The van der Waals surface area contributed by atoms with E-state index in [0.29, 0.717) is 0 Å². The summed E-state index contributed by atoms with van der Waals surface area (Å²) in [5.41, 5.74) is 0.886. The van der Waals surface area contributed by atoms with E-state index in [9.17, 15) is 13.2 Å². The van der Waals surface area contributed by atoms with Crippen LogP contribution < -0.4 is 10.6 Å². The molecule has 0 aliphatic carbocycles. The van der Waals surface area contributed by atoms with Crippen molar-refractivity contribution in [3.05, 3.63) is 29.8 Å². The Morgan fingerprint density at radius 1 is 1.40 bits per heavy atom. The molecule has 0 saturated carbocycles. The summed E-state index contributed by atoms with van der Waals surface area (Å²) >= 11 is 1.70. The lowest BCUT2D eigenvalue weighted by molar-refractivity contribution is -0.123. The van der Waals surface area contributed by atoms with Gasteiger partial charge in [0.05, 0.1) is 17.0 Å². The zero-order valence-electron chi connectivity index (χ0n) is 11.4. The van der Waals surface area contributed by atoms with Gasteiger partial charge in [-0.2, -0.15) is 0 Å². The molecule has 2 unspecified atom stereocenters. The molecule has 5 nitrogen and oxygen atoms in total. The van der Waals surface area contributed by atoms with Gasteiger partial charge in [-0.3, -0.25) is 10.1 Å². The molecular formula is C13H18N2O3S2. The van der Waals surface area contributed by atoms with Crippen molar-refractivity contribution in [3.63, 3.8) is 0 Å². The SMILES string of the molecule is CC(NC(=O)C1CSCN1)c1ccc(S(C)(=O)=O)cc1. The van der Waals surface area contributed by atoms with Gasteiger partial charge in [0.1, 0.15) is 0 Å². The maximum Gasteiger partial charge on any atom is 0.238 e. The molecule has 7 heteroatoms. The molecule has 1 fully saturated rings. The molecule has 110 valence electrons. The number of carbonyl (C=O) groups is 1. The zero-order valence-corrected chi connectivity index (χ0v) is 13.1. The number of hydrogen-bond donors (Lipinski definition) is 2. The van der Waals surface area contributed by atoms with Crippen LogP contribution in [0, 0.1) is 0 Å². The second-order valence-electron chi connectivity index (χ2n) is 4.84. The first-order chi connectivity index (χ1) is 9.38. The number of carbonyl (C=O) groups excluding carboxylic acids is 1. The van der Waals surface area contributed by atoms with E-state index in [1.807, 2.05) is 6.92 Å². The van der Waals surface area contributed by atoms with Crippen molar-refractivity contribution in [2.75, 3.05) is 17.9 Å². The quantitative estimate of drug-likeness (QED) is 0.865. The van der Waals surface area contributed by atoms with Crippen LogP contribution in [0.4, 0.5) is 0 Å². The first-order valence-electron chi connectivity index (χ1n) is 6.29. The van der Waals surface area contributed by atoms with Crippen molar-refractivity contribution >= 4 is 27.5 Å². The third kappa shape index (κ3) is 3.74. The smallest absolute Gasteiger partial charge is 0.238 e. The van der Waals surface area contributed by atoms with Gasteiger partial charge in [0, 0.05) is 17.9 Å². The van der Waals surface area contributed by atoms with Gasteiger partial charge < -0.3 is 5.32 Å². The number of benzene rings is 1. The summed E-state index contributed by atoms with van der Waals surface area (Å²) in [4.78, 5) is 12.3. The Labute approximate surface area is 123 Å². The van der Waals surface area contributed by atoms with Gasteiger partial charge in [0.25, 0.3) is 0 Å². The Hall–Kier alpha value is -1.05. The summed E-state index contributed by atoms with van der Waals surface area (Å²) in [6.45, 7) is 1.88. The minimum atomic E-state index is -3.18. The minimum absolute atomic E-state index is 0.0188. The van der Waals surface area contributed by atoms with E-state index in [0.717, 1.165) is 17.2 Å². The van der Waals surface area contributed by atoms with Gasteiger partial charge in [-0.1, -0.05) is 12.1 Å². The molecule has 0 radical (unpaired) electrons. The molecule has 0 spiro atoms. The monoisotopic (exact) mass is 314 g/mol. The van der Waals surface area contributed by atoms with Crippen molar-refractivity contribution in [2.24, 2.45) is 0 Å². The lowest BCUT2D eigenvalue weighted by atomic mass is 10.1. The van der Waals surface area contributed by atoms with Crippen LogP contribution in [0.15, 0.2) is 29.2 Å².